The number of nitrogens with one attached hydrogen (secondary N) is 3. The van der Waals surface area contributed by atoms with Crippen molar-refractivity contribution < 1.29 is 18.7 Å². The lowest BCUT2D eigenvalue weighted by atomic mass is 9.91. The molecule has 0 spiro atoms. The molecular weight excluding hydrogens is 435 g/mol. The molecule has 1 fully saturated rings. The number of nitrogens with zero attached hydrogens (tertiary/aromatic N) is 1. The smallest absolute Gasteiger partial charge is 0.414 e. The first-order valence-corrected chi connectivity index (χ1v) is 11.7. The summed E-state index contributed by atoms with van der Waals surface area (Å²) < 4.78 is 26.9. The number of amides is 1. The second kappa shape index (κ2) is 10.7. The van der Waals surface area contributed by atoms with Crippen LogP contribution in [0.15, 0.2) is 42.6 Å². The van der Waals surface area contributed by atoms with Crippen LogP contribution in [0.1, 0.15) is 37.3 Å². The summed E-state index contributed by atoms with van der Waals surface area (Å²) in [5, 5.41) is 14.8. The molecule has 0 saturated carbocycles. The second-order valence-corrected chi connectivity index (χ2v) is 8.64. The monoisotopic (exact) mass is 466 g/mol. The van der Waals surface area contributed by atoms with Gasteiger partial charge in [-0.15, -0.1) is 0 Å². The van der Waals surface area contributed by atoms with Gasteiger partial charge in [0.1, 0.15) is 17.3 Å². The average molecular weight is 467 g/mol. The van der Waals surface area contributed by atoms with Crippen molar-refractivity contribution >= 4 is 23.6 Å². The van der Waals surface area contributed by atoms with Crippen LogP contribution in [-0.4, -0.2) is 44.6 Å². The maximum absolute atomic E-state index is 15.6. The number of piperidine rings is 1. The summed E-state index contributed by atoms with van der Waals surface area (Å²) in [6.45, 7) is 3.74. The van der Waals surface area contributed by atoms with Crippen LogP contribution in [0.2, 0.25) is 0 Å². The minimum atomic E-state index is -0.610. The van der Waals surface area contributed by atoms with Crippen LogP contribution in [0.4, 0.5) is 14.9 Å². The van der Waals surface area contributed by atoms with E-state index in [0.29, 0.717) is 41.0 Å². The van der Waals surface area contributed by atoms with Gasteiger partial charge in [-0.2, -0.15) is 0 Å². The van der Waals surface area contributed by atoms with Gasteiger partial charge in [-0.05, 0) is 63.9 Å². The van der Waals surface area contributed by atoms with E-state index in [4.69, 9.17) is 14.9 Å². The molecule has 8 heteroatoms. The molecule has 7 nitrogen and oxygen atoms in total. The molecule has 2 aromatic rings. The highest BCUT2D eigenvalue weighted by molar-refractivity contribution is 6.10. The van der Waals surface area contributed by atoms with E-state index in [-0.39, 0.29) is 17.8 Å². The van der Waals surface area contributed by atoms with E-state index in [9.17, 15) is 4.79 Å². The molecule has 1 atom stereocenters. The quantitative estimate of drug-likeness (QED) is 0.530. The molecule has 3 N–H and O–H groups in total. The van der Waals surface area contributed by atoms with Gasteiger partial charge in [-0.1, -0.05) is 18.2 Å². The van der Waals surface area contributed by atoms with Crippen molar-refractivity contribution in [2.45, 2.75) is 44.7 Å². The maximum atomic E-state index is 15.6. The van der Waals surface area contributed by atoms with Gasteiger partial charge in [-0.25, -0.2) is 9.18 Å². The SMILES string of the molecule is COC(=O)N1c2c(F)cc(/C(C=N)=C/NC3CCNCC3)c(Oc3ccccc3)c2CC[C@@H]1C. The van der Waals surface area contributed by atoms with Crippen LogP contribution >= 0.6 is 0 Å². The fourth-order valence-corrected chi connectivity index (χ4v) is 4.57. The minimum Gasteiger partial charge on any atom is -0.456 e. The second-order valence-electron chi connectivity index (χ2n) is 8.64. The first-order chi connectivity index (χ1) is 16.5. The number of benzene rings is 2. The van der Waals surface area contributed by atoms with E-state index in [1.807, 2.05) is 37.3 Å². The number of ether oxygens (including phenoxy) is 2. The van der Waals surface area contributed by atoms with Crippen LogP contribution in [0.25, 0.3) is 5.57 Å². The molecule has 0 unspecified atom stereocenters. The third-order valence-corrected chi connectivity index (χ3v) is 6.41. The van der Waals surface area contributed by atoms with Crippen molar-refractivity contribution in [2.24, 2.45) is 0 Å². The van der Waals surface area contributed by atoms with Crippen LogP contribution in [-0.2, 0) is 11.2 Å². The molecule has 1 amide bonds. The first-order valence-electron chi connectivity index (χ1n) is 11.7. The molecule has 2 aliphatic rings. The number of rotatable bonds is 6. The Hall–Kier alpha value is -3.39. The van der Waals surface area contributed by atoms with E-state index in [1.54, 1.807) is 6.20 Å². The lowest BCUT2D eigenvalue weighted by molar-refractivity contribution is 0.175. The Kier molecular flexibility index (Phi) is 7.47. The molecule has 2 aromatic carbocycles. The molecule has 180 valence electrons. The third-order valence-electron chi connectivity index (χ3n) is 6.41. The number of carbonyl (C=O) groups excluding carboxylic acids is 1. The summed E-state index contributed by atoms with van der Waals surface area (Å²) in [7, 11) is 1.29. The lowest BCUT2D eigenvalue weighted by Gasteiger charge is -2.35. The van der Waals surface area contributed by atoms with Crippen molar-refractivity contribution in [3.05, 3.63) is 59.5 Å². The highest BCUT2D eigenvalue weighted by Gasteiger charge is 2.35. The van der Waals surface area contributed by atoms with Crippen molar-refractivity contribution in [1.29, 1.82) is 5.41 Å². The van der Waals surface area contributed by atoms with Crippen molar-refractivity contribution in [3.63, 3.8) is 0 Å². The fraction of sp³-hybridized carbons (Fsp3) is 0.385. The van der Waals surface area contributed by atoms with Gasteiger partial charge in [-0.3, -0.25) is 4.90 Å². The summed E-state index contributed by atoms with van der Waals surface area (Å²) in [6.07, 6.45) is 5.47. The Labute approximate surface area is 199 Å². The number of para-hydroxylation sites is 1. The van der Waals surface area contributed by atoms with Crippen molar-refractivity contribution in [1.82, 2.24) is 10.6 Å². The van der Waals surface area contributed by atoms with Gasteiger partial charge in [0.2, 0.25) is 0 Å². The third kappa shape index (κ3) is 4.92. The van der Waals surface area contributed by atoms with Crippen LogP contribution in [0, 0.1) is 11.2 Å². The minimum absolute atomic E-state index is 0.177. The van der Waals surface area contributed by atoms with Gasteiger partial charge in [0, 0.05) is 41.2 Å². The molecule has 4 rings (SSSR count). The number of methoxy groups -OCH3 is 1. The topological polar surface area (TPSA) is 86.7 Å². The standard InChI is InChI=1S/C26H31FN4O3/c1-17-8-9-21-24(31(17)26(32)33-2)23(27)14-22(25(21)34-20-6-4-3-5-7-20)18(15-28)16-30-19-10-12-29-13-11-19/h3-7,14-17,19,28-30H,8-13H2,1-2H3/b18-16+,28-15?/t17-/m0/s1. The number of fused-ring (bicyclic) bond motifs is 1. The summed E-state index contributed by atoms with van der Waals surface area (Å²) in [5.41, 5.74) is 1.75. The van der Waals surface area contributed by atoms with E-state index in [2.05, 4.69) is 10.6 Å². The molecule has 2 aliphatic heterocycles. The highest BCUT2D eigenvalue weighted by Crippen LogP contribution is 2.44. The van der Waals surface area contributed by atoms with Gasteiger partial charge < -0.3 is 25.5 Å². The zero-order chi connectivity index (χ0) is 24.1. The lowest BCUT2D eigenvalue weighted by Crippen LogP contribution is -2.42. The predicted molar refractivity (Wildman–Crippen MR) is 131 cm³/mol. The zero-order valence-electron chi connectivity index (χ0n) is 19.6. The Morgan fingerprint density at radius 2 is 1.97 bits per heavy atom. The number of halogens is 1. The first kappa shape index (κ1) is 23.8. The summed E-state index contributed by atoms with van der Waals surface area (Å²) in [6, 6.07) is 10.7. The molecule has 0 bridgehead atoms. The molecule has 0 aromatic heterocycles. The normalized spacial score (nSPS) is 18.7. The summed E-state index contributed by atoms with van der Waals surface area (Å²) >= 11 is 0. The molecule has 34 heavy (non-hydrogen) atoms. The predicted octanol–water partition coefficient (Wildman–Crippen LogP) is 4.86. The van der Waals surface area contributed by atoms with E-state index < -0.39 is 11.9 Å². The molecule has 2 heterocycles. The summed E-state index contributed by atoms with van der Waals surface area (Å²) in [4.78, 5) is 13.9. The van der Waals surface area contributed by atoms with Crippen LogP contribution < -0.4 is 20.3 Å². The Bertz CT molecular complexity index is 1070. The van der Waals surface area contributed by atoms with Crippen molar-refractivity contribution in [3.8, 4) is 11.5 Å². The largest absolute Gasteiger partial charge is 0.456 e. The average Bonchev–Trinajstić information content (AvgIpc) is 2.87. The van der Waals surface area contributed by atoms with E-state index >= 15 is 4.39 Å². The Morgan fingerprint density at radius 1 is 1.24 bits per heavy atom. The highest BCUT2D eigenvalue weighted by atomic mass is 19.1. The molecule has 0 aliphatic carbocycles. The van der Waals surface area contributed by atoms with Gasteiger partial charge in [0.25, 0.3) is 0 Å². The number of hydrogen-bond acceptors (Lipinski definition) is 6. The fourth-order valence-electron chi connectivity index (χ4n) is 4.57. The summed E-state index contributed by atoms with van der Waals surface area (Å²) in [5.74, 6) is 0.499. The number of hydrogen-bond donors (Lipinski definition) is 3. The van der Waals surface area contributed by atoms with Gasteiger partial charge in [0.05, 0.1) is 12.8 Å². The van der Waals surface area contributed by atoms with Crippen LogP contribution in [0.5, 0.6) is 11.5 Å². The van der Waals surface area contributed by atoms with Crippen molar-refractivity contribution in [2.75, 3.05) is 25.1 Å². The van der Waals surface area contributed by atoms with E-state index in [0.717, 1.165) is 25.9 Å². The van der Waals surface area contributed by atoms with E-state index in [1.165, 1.54) is 24.3 Å². The number of anilines is 1. The number of carbonyl (C=O) groups is 1. The molecule has 0 radical (unpaired) electrons. The number of allylic oxidation sites excluding steroid dienone is 1. The zero-order valence-corrected chi connectivity index (χ0v) is 19.6. The van der Waals surface area contributed by atoms with Gasteiger partial charge in [0.15, 0.2) is 0 Å². The molecular formula is C26H31FN4O3. The van der Waals surface area contributed by atoms with Crippen LogP contribution in [0.3, 0.4) is 0 Å². The maximum Gasteiger partial charge on any atom is 0.414 e. The Morgan fingerprint density at radius 3 is 2.65 bits per heavy atom. The van der Waals surface area contributed by atoms with Gasteiger partial charge >= 0.3 is 6.09 Å². The molecule has 1 saturated heterocycles. The Balaban J connectivity index is 1.83.